The van der Waals surface area contributed by atoms with Crippen LogP contribution in [-0.2, 0) is 23.1 Å². The maximum atomic E-state index is 14.0. The van der Waals surface area contributed by atoms with E-state index in [2.05, 4.69) is 22.5 Å². The molecule has 0 unspecified atom stereocenters. The number of aromatic nitrogens is 3. The molecule has 14 nitrogen and oxygen atoms in total. The minimum atomic E-state index is -0.638. The number of amides is 2. The fourth-order valence-electron chi connectivity index (χ4n) is 5.61. The van der Waals surface area contributed by atoms with Crippen molar-refractivity contribution in [2.45, 2.75) is 45.6 Å². The Balaban J connectivity index is 1.22. The zero-order chi connectivity index (χ0) is 38.5. The maximum Gasteiger partial charge on any atom is 0.412 e. The summed E-state index contributed by atoms with van der Waals surface area (Å²) in [5, 5.41) is 14.0. The normalized spacial score (nSPS) is 10.7. The van der Waals surface area contributed by atoms with Crippen molar-refractivity contribution in [2.24, 2.45) is 7.05 Å². The SMILES string of the molecule is CCCCCCOC(=O)NC(=N)c1ccc(NCc2nc3cc(C(=O)N(CCC(=O)Oc4cc(OC)ccc4OC)c4ccccn4)ccc3n2C)cc1. The summed E-state index contributed by atoms with van der Waals surface area (Å²) in [5.74, 6) is 1.23. The highest BCUT2D eigenvalue weighted by Crippen LogP contribution is 2.31. The van der Waals surface area contributed by atoms with Gasteiger partial charge in [-0.1, -0.05) is 32.3 Å². The standard InChI is InChI=1S/C40H45N7O7/c1-5-6-7-10-23-53-40(50)45-38(41)27-12-15-29(16-13-27)43-26-36-44-31-24-28(14-18-32(31)46(36)2)39(49)47(35-11-8-9-21-42-35)22-20-37(48)54-34-25-30(51-3)17-19-33(34)52-4/h8-9,11-19,21,24-25,43H,5-7,10,20,22-23,26H2,1-4H3,(H2,41,45,50). The molecule has 0 saturated heterocycles. The molecule has 0 fully saturated rings. The number of hydrogen-bond acceptors (Lipinski definition) is 11. The van der Waals surface area contributed by atoms with E-state index in [0.29, 0.717) is 47.1 Å². The Labute approximate surface area is 313 Å². The Morgan fingerprint density at radius 3 is 2.41 bits per heavy atom. The molecule has 54 heavy (non-hydrogen) atoms. The van der Waals surface area contributed by atoms with Gasteiger partial charge >= 0.3 is 12.1 Å². The molecule has 0 radical (unpaired) electrons. The summed E-state index contributed by atoms with van der Waals surface area (Å²) in [5.41, 5.74) is 3.16. The van der Waals surface area contributed by atoms with E-state index in [-0.39, 0.29) is 30.5 Å². The van der Waals surface area contributed by atoms with E-state index in [9.17, 15) is 14.4 Å². The van der Waals surface area contributed by atoms with E-state index in [1.54, 1.807) is 66.9 Å². The first-order chi connectivity index (χ1) is 26.2. The molecule has 2 aromatic heterocycles. The zero-order valence-electron chi connectivity index (χ0n) is 30.9. The largest absolute Gasteiger partial charge is 0.497 e. The average Bonchev–Trinajstić information content (AvgIpc) is 3.51. The molecule has 0 aliphatic carbocycles. The lowest BCUT2D eigenvalue weighted by Gasteiger charge is -2.21. The number of unbranched alkanes of at least 4 members (excludes halogenated alkanes) is 3. The number of benzene rings is 3. The Hall–Kier alpha value is -6.44. The van der Waals surface area contributed by atoms with Gasteiger partial charge in [0.2, 0.25) is 0 Å². The zero-order valence-corrected chi connectivity index (χ0v) is 30.9. The lowest BCUT2D eigenvalue weighted by Crippen LogP contribution is -2.34. The topological polar surface area (TPSA) is 170 Å². The van der Waals surface area contributed by atoms with Crippen molar-refractivity contribution in [1.29, 1.82) is 5.41 Å². The number of pyridine rings is 1. The number of esters is 1. The number of nitrogens with zero attached hydrogens (tertiary/aromatic N) is 4. The van der Waals surface area contributed by atoms with Crippen LogP contribution in [-0.4, -0.2) is 65.7 Å². The van der Waals surface area contributed by atoms with Crippen molar-refractivity contribution in [1.82, 2.24) is 19.9 Å². The lowest BCUT2D eigenvalue weighted by atomic mass is 10.1. The molecule has 2 amide bonds. The minimum Gasteiger partial charge on any atom is -0.497 e. The summed E-state index contributed by atoms with van der Waals surface area (Å²) in [6.45, 7) is 2.83. The second-order valence-electron chi connectivity index (χ2n) is 12.3. The van der Waals surface area contributed by atoms with Gasteiger partial charge < -0.3 is 28.8 Å². The molecule has 14 heteroatoms. The Morgan fingerprint density at radius 1 is 0.889 bits per heavy atom. The number of imidazole rings is 1. The van der Waals surface area contributed by atoms with Gasteiger partial charge in [0.05, 0.1) is 44.8 Å². The Bertz CT molecular complexity index is 2070. The first kappa shape index (κ1) is 38.8. The van der Waals surface area contributed by atoms with Crippen LogP contribution in [0, 0.1) is 5.41 Å². The molecule has 0 spiro atoms. The second-order valence-corrected chi connectivity index (χ2v) is 12.3. The van der Waals surface area contributed by atoms with E-state index in [1.807, 2.05) is 29.8 Å². The van der Waals surface area contributed by atoms with Crippen LogP contribution in [0.2, 0.25) is 0 Å². The number of carbonyl (C=O) groups excluding carboxylic acids is 3. The number of fused-ring (bicyclic) bond motifs is 1. The average molecular weight is 736 g/mol. The summed E-state index contributed by atoms with van der Waals surface area (Å²) in [6, 6.07) is 22.5. The van der Waals surface area contributed by atoms with Crippen LogP contribution in [0.3, 0.4) is 0 Å². The molecule has 3 aromatic carbocycles. The van der Waals surface area contributed by atoms with Crippen LogP contribution >= 0.6 is 0 Å². The first-order valence-corrected chi connectivity index (χ1v) is 17.7. The summed E-state index contributed by atoms with van der Waals surface area (Å²) in [6.07, 6.45) is 4.83. The van der Waals surface area contributed by atoms with E-state index in [1.165, 1.54) is 19.1 Å². The molecular formula is C40H45N7O7. The summed E-state index contributed by atoms with van der Waals surface area (Å²) in [7, 11) is 4.89. The maximum absolute atomic E-state index is 14.0. The highest BCUT2D eigenvalue weighted by molar-refractivity contribution is 6.07. The molecule has 0 bridgehead atoms. The summed E-state index contributed by atoms with van der Waals surface area (Å²) >= 11 is 0. The van der Waals surface area contributed by atoms with Crippen LogP contribution in [0.4, 0.5) is 16.3 Å². The van der Waals surface area contributed by atoms with Gasteiger partial charge in [0.25, 0.3) is 5.91 Å². The molecule has 5 aromatic rings. The van der Waals surface area contributed by atoms with Gasteiger partial charge in [-0.15, -0.1) is 0 Å². The number of nitrogens with one attached hydrogen (secondary N) is 3. The number of hydrogen-bond donors (Lipinski definition) is 3. The molecule has 3 N–H and O–H groups in total. The highest BCUT2D eigenvalue weighted by atomic mass is 16.6. The van der Waals surface area contributed by atoms with Crippen molar-refractivity contribution >= 4 is 46.3 Å². The molecule has 0 aliphatic heterocycles. The highest BCUT2D eigenvalue weighted by Gasteiger charge is 2.22. The minimum absolute atomic E-state index is 0.00786. The summed E-state index contributed by atoms with van der Waals surface area (Å²) < 4.78 is 23.3. The second kappa shape index (κ2) is 18.9. The van der Waals surface area contributed by atoms with Crippen LogP contribution < -0.4 is 29.7 Å². The number of aryl methyl sites for hydroxylation is 1. The molecule has 0 aliphatic rings. The van der Waals surface area contributed by atoms with Crippen molar-refractivity contribution in [3.8, 4) is 17.2 Å². The summed E-state index contributed by atoms with van der Waals surface area (Å²) in [4.78, 5) is 49.6. The third kappa shape index (κ3) is 10.1. The van der Waals surface area contributed by atoms with Crippen LogP contribution in [0.25, 0.3) is 11.0 Å². The number of amidine groups is 1. The monoisotopic (exact) mass is 735 g/mol. The van der Waals surface area contributed by atoms with Gasteiger partial charge in [-0.25, -0.2) is 14.8 Å². The van der Waals surface area contributed by atoms with Gasteiger partial charge in [0.1, 0.15) is 23.2 Å². The van der Waals surface area contributed by atoms with Crippen LogP contribution in [0.1, 0.15) is 60.8 Å². The quantitative estimate of drug-likeness (QED) is 0.0301. The number of anilines is 2. The predicted octanol–water partition coefficient (Wildman–Crippen LogP) is 6.87. The van der Waals surface area contributed by atoms with Gasteiger partial charge in [-0.2, -0.15) is 0 Å². The molecule has 0 saturated carbocycles. The molecule has 2 heterocycles. The van der Waals surface area contributed by atoms with Gasteiger partial charge in [-0.3, -0.25) is 25.2 Å². The smallest absolute Gasteiger partial charge is 0.412 e. The third-order valence-electron chi connectivity index (χ3n) is 8.61. The van der Waals surface area contributed by atoms with E-state index < -0.39 is 12.1 Å². The number of ether oxygens (including phenoxy) is 4. The molecule has 0 atom stereocenters. The third-order valence-corrected chi connectivity index (χ3v) is 8.61. The molecule has 282 valence electrons. The van der Waals surface area contributed by atoms with Crippen LogP contribution in [0.15, 0.2) is 85.1 Å². The van der Waals surface area contributed by atoms with E-state index in [0.717, 1.165) is 42.7 Å². The van der Waals surface area contributed by atoms with E-state index >= 15 is 0 Å². The number of alkyl carbamates (subject to hydrolysis) is 1. The van der Waals surface area contributed by atoms with Gasteiger partial charge in [-0.05, 0) is 73.2 Å². The Kier molecular flexibility index (Phi) is 13.6. The lowest BCUT2D eigenvalue weighted by molar-refractivity contribution is -0.134. The van der Waals surface area contributed by atoms with Gasteiger partial charge in [0.15, 0.2) is 11.5 Å². The number of carbonyl (C=O) groups is 3. The number of rotatable bonds is 17. The van der Waals surface area contributed by atoms with Crippen molar-refractivity contribution in [3.05, 3.63) is 102 Å². The Morgan fingerprint density at radius 2 is 1.69 bits per heavy atom. The van der Waals surface area contributed by atoms with Crippen molar-refractivity contribution in [2.75, 3.05) is 37.6 Å². The fourth-order valence-corrected chi connectivity index (χ4v) is 5.61. The van der Waals surface area contributed by atoms with Crippen molar-refractivity contribution < 1.29 is 33.3 Å². The number of methoxy groups -OCH3 is 2. The van der Waals surface area contributed by atoms with E-state index in [4.69, 9.17) is 29.3 Å². The molecular weight excluding hydrogens is 690 g/mol. The predicted molar refractivity (Wildman–Crippen MR) is 206 cm³/mol. The van der Waals surface area contributed by atoms with Gasteiger partial charge in [0, 0.05) is 42.7 Å². The first-order valence-electron chi connectivity index (χ1n) is 17.7. The van der Waals surface area contributed by atoms with Crippen molar-refractivity contribution in [3.63, 3.8) is 0 Å². The van der Waals surface area contributed by atoms with Crippen LogP contribution in [0.5, 0.6) is 17.2 Å². The molecule has 5 rings (SSSR count). The fraction of sp³-hybridized carbons (Fsp3) is 0.300.